The number of rotatable bonds is 3. The number of hydrogen-bond donors (Lipinski definition) is 2. The van der Waals surface area contributed by atoms with E-state index in [0.717, 1.165) is 16.5 Å². The Bertz CT molecular complexity index is 723. The summed E-state index contributed by atoms with van der Waals surface area (Å²) in [5.74, 6) is -0.175. The molecule has 2 heterocycles. The highest BCUT2D eigenvalue weighted by Crippen LogP contribution is 2.26. The maximum absolute atomic E-state index is 12.3. The molecule has 3 rings (SSSR count). The molecule has 6 heteroatoms. The summed E-state index contributed by atoms with van der Waals surface area (Å²) in [6.45, 7) is 3.65. The molecule has 0 aliphatic carbocycles. The monoisotopic (exact) mass is 305 g/mol. The van der Waals surface area contributed by atoms with Crippen molar-refractivity contribution < 1.29 is 9.59 Å². The lowest BCUT2D eigenvalue weighted by molar-refractivity contribution is -0.128. The normalized spacial score (nSPS) is 18.9. The van der Waals surface area contributed by atoms with Crippen molar-refractivity contribution in [3.8, 4) is 0 Å². The summed E-state index contributed by atoms with van der Waals surface area (Å²) in [4.78, 5) is 28.5. The minimum Gasteiger partial charge on any atom is -0.360 e. The molecule has 1 saturated heterocycles. The highest BCUT2D eigenvalue weighted by molar-refractivity contribution is 6.35. The van der Waals surface area contributed by atoms with Gasteiger partial charge in [0.25, 0.3) is 5.91 Å². The average molecular weight is 306 g/mol. The predicted octanol–water partition coefficient (Wildman–Crippen LogP) is 2.69. The fraction of sp³-hybridized carbons (Fsp3) is 0.333. The van der Waals surface area contributed by atoms with Crippen LogP contribution >= 0.6 is 11.6 Å². The molecular weight excluding hydrogens is 290 g/mol. The molecule has 1 fully saturated rings. The maximum atomic E-state index is 12.3. The third kappa shape index (κ3) is 2.27. The SMILES string of the molecule is CC(C)N1C(=O)N[C@H](Cc2c[nH]c3c(Cl)cccc23)C1=O. The molecule has 3 amide bonds. The summed E-state index contributed by atoms with van der Waals surface area (Å²) < 4.78 is 0. The van der Waals surface area contributed by atoms with E-state index in [2.05, 4.69) is 10.3 Å². The van der Waals surface area contributed by atoms with Crippen LogP contribution in [-0.2, 0) is 11.2 Å². The van der Waals surface area contributed by atoms with Gasteiger partial charge in [0.05, 0.1) is 10.5 Å². The average Bonchev–Trinajstić information content (AvgIpc) is 2.94. The second-order valence-electron chi connectivity index (χ2n) is 5.48. The van der Waals surface area contributed by atoms with Crippen LogP contribution in [0, 0.1) is 0 Å². The van der Waals surface area contributed by atoms with Crippen molar-refractivity contribution in [2.75, 3.05) is 0 Å². The van der Waals surface area contributed by atoms with Crippen molar-refractivity contribution in [2.45, 2.75) is 32.4 Å². The third-order valence-electron chi connectivity index (χ3n) is 3.74. The quantitative estimate of drug-likeness (QED) is 0.856. The standard InChI is InChI=1S/C15H16ClN3O2/c1-8(2)19-14(20)12(18-15(19)21)6-9-7-17-13-10(9)4-3-5-11(13)16/h3-5,7-8,12,17H,6H2,1-2H3,(H,18,21)/t12-/m1/s1. The second kappa shape index (κ2) is 5.07. The molecule has 1 aliphatic heterocycles. The van der Waals surface area contributed by atoms with Crippen molar-refractivity contribution in [3.63, 3.8) is 0 Å². The maximum Gasteiger partial charge on any atom is 0.325 e. The fourth-order valence-electron chi connectivity index (χ4n) is 2.74. The Labute approximate surface area is 127 Å². The van der Waals surface area contributed by atoms with Gasteiger partial charge in [0.15, 0.2) is 0 Å². The van der Waals surface area contributed by atoms with Crippen molar-refractivity contribution in [1.29, 1.82) is 0 Å². The van der Waals surface area contributed by atoms with Gasteiger partial charge in [-0.05, 0) is 25.5 Å². The number of aromatic nitrogens is 1. The highest BCUT2D eigenvalue weighted by Gasteiger charge is 2.39. The number of urea groups is 1. The molecule has 1 aromatic carbocycles. The molecule has 1 atom stereocenters. The first-order valence-electron chi connectivity index (χ1n) is 6.87. The van der Waals surface area contributed by atoms with Crippen LogP contribution in [0.5, 0.6) is 0 Å². The first kappa shape index (κ1) is 13.9. The molecule has 0 spiro atoms. The predicted molar refractivity (Wildman–Crippen MR) is 81.3 cm³/mol. The first-order valence-corrected chi connectivity index (χ1v) is 7.25. The van der Waals surface area contributed by atoms with Gasteiger partial charge in [0.2, 0.25) is 0 Å². The van der Waals surface area contributed by atoms with Crippen molar-refractivity contribution in [2.24, 2.45) is 0 Å². The summed E-state index contributed by atoms with van der Waals surface area (Å²) >= 11 is 6.13. The molecule has 1 aromatic heterocycles. The molecular formula is C15H16ClN3O2. The number of amides is 3. The number of aromatic amines is 1. The van der Waals surface area contributed by atoms with E-state index in [1.54, 1.807) is 0 Å². The van der Waals surface area contributed by atoms with E-state index in [4.69, 9.17) is 11.6 Å². The lowest BCUT2D eigenvalue weighted by Crippen LogP contribution is -2.37. The number of halogens is 1. The van der Waals surface area contributed by atoms with Crippen molar-refractivity contribution in [3.05, 3.63) is 35.0 Å². The Balaban J connectivity index is 1.88. The Morgan fingerprint density at radius 2 is 2.10 bits per heavy atom. The number of H-pyrrole nitrogens is 1. The molecule has 0 bridgehead atoms. The molecule has 0 saturated carbocycles. The van der Waals surface area contributed by atoms with Gasteiger partial charge in [-0.1, -0.05) is 23.7 Å². The number of carbonyl (C=O) groups excluding carboxylic acids is 2. The van der Waals surface area contributed by atoms with Gasteiger partial charge in [-0.3, -0.25) is 9.69 Å². The van der Waals surface area contributed by atoms with E-state index in [1.807, 2.05) is 38.2 Å². The number of benzene rings is 1. The summed E-state index contributed by atoms with van der Waals surface area (Å²) in [6.07, 6.45) is 2.29. The molecule has 5 nitrogen and oxygen atoms in total. The van der Waals surface area contributed by atoms with Crippen LogP contribution in [-0.4, -0.2) is 33.9 Å². The van der Waals surface area contributed by atoms with Gasteiger partial charge >= 0.3 is 6.03 Å². The smallest absolute Gasteiger partial charge is 0.325 e. The van der Waals surface area contributed by atoms with Crippen LogP contribution in [0.1, 0.15) is 19.4 Å². The van der Waals surface area contributed by atoms with Crippen LogP contribution in [0.15, 0.2) is 24.4 Å². The first-order chi connectivity index (χ1) is 9.99. The summed E-state index contributed by atoms with van der Waals surface area (Å²) in [7, 11) is 0. The zero-order valence-electron chi connectivity index (χ0n) is 11.8. The van der Waals surface area contributed by atoms with E-state index in [9.17, 15) is 9.59 Å². The summed E-state index contributed by atoms with van der Waals surface area (Å²) in [5, 5.41) is 4.37. The van der Waals surface area contributed by atoms with Gasteiger partial charge in [0.1, 0.15) is 6.04 Å². The summed E-state index contributed by atoms with van der Waals surface area (Å²) in [6, 6.07) is 4.66. The van der Waals surface area contributed by atoms with Gasteiger partial charge in [-0.25, -0.2) is 4.79 Å². The highest BCUT2D eigenvalue weighted by atomic mass is 35.5. The third-order valence-corrected chi connectivity index (χ3v) is 4.06. The van der Waals surface area contributed by atoms with E-state index in [0.29, 0.717) is 11.4 Å². The Hall–Kier alpha value is -2.01. The molecule has 0 unspecified atom stereocenters. The number of hydrogen-bond acceptors (Lipinski definition) is 2. The number of imide groups is 1. The minimum atomic E-state index is -0.516. The molecule has 2 N–H and O–H groups in total. The fourth-order valence-corrected chi connectivity index (χ4v) is 2.97. The number of nitrogens with one attached hydrogen (secondary N) is 2. The Kier molecular flexibility index (Phi) is 3.37. The Morgan fingerprint density at radius 3 is 2.76 bits per heavy atom. The van der Waals surface area contributed by atoms with E-state index >= 15 is 0 Å². The van der Waals surface area contributed by atoms with Crippen LogP contribution in [0.25, 0.3) is 10.9 Å². The van der Waals surface area contributed by atoms with Gasteiger partial charge < -0.3 is 10.3 Å². The number of carbonyl (C=O) groups is 2. The zero-order chi connectivity index (χ0) is 15.1. The molecule has 110 valence electrons. The minimum absolute atomic E-state index is 0.139. The van der Waals surface area contributed by atoms with Crippen LogP contribution in [0.2, 0.25) is 5.02 Å². The summed E-state index contributed by atoms with van der Waals surface area (Å²) in [5.41, 5.74) is 1.82. The molecule has 2 aromatic rings. The van der Waals surface area contributed by atoms with E-state index in [-0.39, 0.29) is 18.0 Å². The number of para-hydroxylation sites is 1. The number of nitrogens with zero attached hydrogens (tertiary/aromatic N) is 1. The molecule has 21 heavy (non-hydrogen) atoms. The van der Waals surface area contributed by atoms with Gasteiger partial charge in [-0.2, -0.15) is 0 Å². The lowest BCUT2D eigenvalue weighted by Gasteiger charge is -2.16. The van der Waals surface area contributed by atoms with Crippen LogP contribution < -0.4 is 5.32 Å². The zero-order valence-corrected chi connectivity index (χ0v) is 12.6. The lowest BCUT2D eigenvalue weighted by atomic mass is 10.0. The van der Waals surface area contributed by atoms with E-state index in [1.165, 1.54) is 4.90 Å². The topological polar surface area (TPSA) is 65.2 Å². The number of fused-ring (bicyclic) bond motifs is 1. The van der Waals surface area contributed by atoms with E-state index < -0.39 is 6.04 Å². The second-order valence-corrected chi connectivity index (χ2v) is 5.89. The van der Waals surface area contributed by atoms with Gasteiger partial charge in [-0.15, -0.1) is 0 Å². The van der Waals surface area contributed by atoms with Crippen molar-refractivity contribution >= 4 is 34.4 Å². The molecule has 0 radical (unpaired) electrons. The molecule has 1 aliphatic rings. The van der Waals surface area contributed by atoms with Crippen LogP contribution in [0.3, 0.4) is 0 Å². The van der Waals surface area contributed by atoms with Crippen molar-refractivity contribution in [1.82, 2.24) is 15.2 Å². The largest absolute Gasteiger partial charge is 0.360 e. The van der Waals surface area contributed by atoms with Crippen LogP contribution in [0.4, 0.5) is 4.79 Å². The van der Waals surface area contributed by atoms with Gasteiger partial charge in [0, 0.05) is 24.0 Å². The Morgan fingerprint density at radius 1 is 1.33 bits per heavy atom.